The Morgan fingerprint density at radius 2 is 1.67 bits per heavy atom. The predicted octanol–water partition coefficient (Wildman–Crippen LogP) is -1.03. The van der Waals surface area contributed by atoms with Crippen LogP contribution in [-0.2, 0) is 19.2 Å². The normalized spacial score (nSPS) is 28.1. The second kappa shape index (κ2) is 4.75. The minimum atomic E-state index is -0.987. The van der Waals surface area contributed by atoms with E-state index in [1.807, 2.05) is 0 Å². The maximum absolute atomic E-state index is 12.1. The number of nitrogens with one attached hydrogen (secondary N) is 1. The number of hydrogen-bond acceptors (Lipinski definition) is 4. The second-order valence-corrected chi connectivity index (χ2v) is 4.65. The van der Waals surface area contributed by atoms with Crippen LogP contribution in [0, 0.1) is 11.8 Å². The third-order valence-corrected chi connectivity index (χ3v) is 3.41. The van der Waals surface area contributed by atoms with Crippen LogP contribution in [0.2, 0.25) is 0 Å². The lowest BCUT2D eigenvalue weighted by molar-refractivity contribution is -0.152. The first-order chi connectivity index (χ1) is 8.49. The average Bonchev–Trinajstić information content (AvgIpc) is 2.75. The van der Waals surface area contributed by atoms with Gasteiger partial charge in [0, 0.05) is 0 Å². The van der Waals surface area contributed by atoms with Gasteiger partial charge < -0.3 is 10.0 Å². The van der Waals surface area contributed by atoms with Gasteiger partial charge in [0.25, 0.3) is 0 Å². The molecule has 2 atom stereocenters. The lowest BCUT2D eigenvalue weighted by Gasteiger charge is -2.29. The van der Waals surface area contributed by atoms with Crippen LogP contribution in [0.4, 0.5) is 0 Å². The molecule has 2 aliphatic rings. The van der Waals surface area contributed by atoms with Crippen molar-refractivity contribution in [2.75, 3.05) is 13.1 Å². The average molecular weight is 254 g/mol. The molecule has 7 nitrogen and oxygen atoms in total. The van der Waals surface area contributed by atoms with E-state index in [4.69, 9.17) is 5.11 Å². The van der Waals surface area contributed by atoms with Crippen molar-refractivity contribution in [1.82, 2.24) is 10.2 Å². The number of carbonyl (C=O) groups is 4. The molecule has 0 bridgehead atoms. The van der Waals surface area contributed by atoms with Crippen LogP contribution in [0.25, 0.3) is 0 Å². The molecule has 0 spiro atoms. The number of amides is 3. The van der Waals surface area contributed by atoms with Crippen LogP contribution in [0.15, 0.2) is 0 Å². The highest BCUT2D eigenvalue weighted by Crippen LogP contribution is 2.33. The van der Waals surface area contributed by atoms with Gasteiger partial charge in [-0.1, -0.05) is 6.42 Å². The second-order valence-electron chi connectivity index (χ2n) is 4.65. The largest absolute Gasteiger partial charge is 0.481 e. The highest BCUT2D eigenvalue weighted by Gasteiger charge is 2.41. The lowest BCUT2D eigenvalue weighted by Crippen LogP contribution is -2.55. The van der Waals surface area contributed by atoms with Gasteiger partial charge in [0.1, 0.15) is 13.1 Å². The fraction of sp³-hybridized carbons (Fsp3) is 0.636. The van der Waals surface area contributed by atoms with Crippen LogP contribution in [0.1, 0.15) is 19.3 Å². The summed E-state index contributed by atoms with van der Waals surface area (Å²) in [6.45, 7) is -0.346. The van der Waals surface area contributed by atoms with Crippen molar-refractivity contribution in [3.05, 3.63) is 0 Å². The van der Waals surface area contributed by atoms with E-state index in [1.165, 1.54) is 0 Å². The number of imide groups is 1. The van der Waals surface area contributed by atoms with Crippen LogP contribution in [-0.4, -0.2) is 46.8 Å². The highest BCUT2D eigenvalue weighted by atomic mass is 16.4. The van der Waals surface area contributed by atoms with Gasteiger partial charge in [-0.2, -0.15) is 0 Å². The minimum absolute atomic E-state index is 0.173. The Labute approximate surface area is 103 Å². The summed E-state index contributed by atoms with van der Waals surface area (Å²) in [5.74, 6) is -3.74. The lowest BCUT2D eigenvalue weighted by atomic mass is 9.94. The van der Waals surface area contributed by atoms with Crippen molar-refractivity contribution in [3.63, 3.8) is 0 Å². The zero-order valence-corrected chi connectivity index (χ0v) is 9.72. The van der Waals surface area contributed by atoms with Gasteiger partial charge in [0.2, 0.25) is 17.7 Å². The zero-order chi connectivity index (χ0) is 13.3. The van der Waals surface area contributed by atoms with Crippen molar-refractivity contribution in [1.29, 1.82) is 0 Å². The van der Waals surface area contributed by atoms with E-state index in [-0.39, 0.29) is 13.1 Å². The first kappa shape index (κ1) is 12.5. The van der Waals surface area contributed by atoms with E-state index in [9.17, 15) is 19.2 Å². The molecule has 7 heteroatoms. The standard InChI is InChI=1S/C11H14N2O5/c14-8-4-13(5-9(15)12-8)10(16)6-2-1-3-7(6)11(17)18/h6-7H,1-5H2,(H,17,18)(H,12,14,15). The topological polar surface area (TPSA) is 104 Å². The fourth-order valence-electron chi connectivity index (χ4n) is 2.58. The summed E-state index contributed by atoms with van der Waals surface area (Å²) >= 11 is 0. The van der Waals surface area contributed by atoms with Gasteiger partial charge in [-0.3, -0.25) is 24.5 Å². The molecule has 2 N–H and O–H groups in total. The summed E-state index contributed by atoms with van der Waals surface area (Å²) in [7, 11) is 0. The minimum Gasteiger partial charge on any atom is -0.481 e. The molecular formula is C11H14N2O5. The van der Waals surface area contributed by atoms with Gasteiger partial charge in [0.05, 0.1) is 11.8 Å². The maximum atomic E-state index is 12.1. The zero-order valence-electron chi connectivity index (χ0n) is 9.72. The molecule has 1 aliphatic carbocycles. The predicted molar refractivity (Wildman–Crippen MR) is 58.2 cm³/mol. The summed E-state index contributed by atoms with van der Waals surface area (Å²) in [6.07, 6.45) is 1.66. The van der Waals surface area contributed by atoms with Gasteiger partial charge in [0.15, 0.2) is 0 Å². The van der Waals surface area contributed by atoms with Crippen molar-refractivity contribution in [2.45, 2.75) is 19.3 Å². The quantitative estimate of drug-likeness (QED) is 0.613. The number of hydrogen-bond donors (Lipinski definition) is 2. The Hall–Kier alpha value is -1.92. The molecule has 0 radical (unpaired) electrons. The summed E-state index contributed by atoms with van der Waals surface area (Å²) in [6, 6.07) is 0. The Bertz CT molecular complexity index is 404. The number of rotatable bonds is 2. The molecular weight excluding hydrogens is 240 g/mol. The molecule has 98 valence electrons. The summed E-state index contributed by atoms with van der Waals surface area (Å²) < 4.78 is 0. The molecule has 1 heterocycles. The SMILES string of the molecule is O=C1CN(C(=O)C2CCCC2C(=O)O)CC(=O)N1. The summed E-state index contributed by atoms with van der Waals surface area (Å²) in [5, 5.41) is 11.1. The van der Waals surface area contributed by atoms with Crippen molar-refractivity contribution >= 4 is 23.7 Å². The first-order valence-corrected chi connectivity index (χ1v) is 5.83. The van der Waals surface area contributed by atoms with E-state index in [2.05, 4.69) is 5.32 Å². The molecule has 1 saturated heterocycles. The molecule has 0 aromatic carbocycles. The van der Waals surface area contributed by atoms with Crippen LogP contribution in [0.5, 0.6) is 0 Å². The van der Waals surface area contributed by atoms with E-state index in [1.54, 1.807) is 0 Å². The Morgan fingerprint density at radius 3 is 2.22 bits per heavy atom. The van der Waals surface area contributed by atoms with E-state index < -0.39 is 35.5 Å². The molecule has 1 saturated carbocycles. The third kappa shape index (κ3) is 2.34. The molecule has 0 aromatic rings. The van der Waals surface area contributed by atoms with Crippen molar-refractivity contribution in [2.24, 2.45) is 11.8 Å². The Balaban J connectivity index is 2.08. The van der Waals surface area contributed by atoms with Crippen LogP contribution in [0.3, 0.4) is 0 Å². The molecule has 2 rings (SSSR count). The molecule has 3 amide bonds. The number of piperazine rings is 1. The van der Waals surface area contributed by atoms with Gasteiger partial charge in [-0.15, -0.1) is 0 Å². The first-order valence-electron chi connectivity index (χ1n) is 5.83. The van der Waals surface area contributed by atoms with Crippen molar-refractivity contribution < 1.29 is 24.3 Å². The number of carboxylic acid groups (broad SMARTS) is 1. The maximum Gasteiger partial charge on any atom is 0.307 e. The highest BCUT2D eigenvalue weighted by molar-refractivity contribution is 6.03. The molecule has 2 fully saturated rings. The van der Waals surface area contributed by atoms with Gasteiger partial charge in [-0.25, -0.2) is 0 Å². The van der Waals surface area contributed by atoms with E-state index in [0.717, 1.165) is 4.90 Å². The summed E-state index contributed by atoms with van der Waals surface area (Å²) in [4.78, 5) is 46.6. The van der Waals surface area contributed by atoms with Gasteiger partial charge >= 0.3 is 5.97 Å². The number of carboxylic acids is 1. The van der Waals surface area contributed by atoms with Gasteiger partial charge in [-0.05, 0) is 12.8 Å². The molecule has 2 unspecified atom stereocenters. The number of nitrogens with zero attached hydrogens (tertiary/aromatic N) is 1. The van der Waals surface area contributed by atoms with Crippen LogP contribution >= 0.6 is 0 Å². The molecule has 18 heavy (non-hydrogen) atoms. The van der Waals surface area contributed by atoms with E-state index >= 15 is 0 Å². The number of carbonyl (C=O) groups excluding carboxylic acids is 3. The monoisotopic (exact) mass is 254 g/mol. The third-order valence-electron chi connectivity index (χ3n) is 3.41. The smallest absolute Gasteiger partial charge is 0.307 e. The summed E-state index contributed by atoms with van der Waals surface area (Å²) in [5.41, 5.74) is 0. The van der Waals surface area contributed by atoms with E-state index in [0.29, 0.717) is 19.3 Å². The fourth-order valence-corrected chi connectivity index (χ4v) is 2.58. The van der Waals surface area contributed by atoms with Crippen LogP contribution < -0.4 is 5.32 Å². The Morgan fingerprint density at radius 1 is 1.11 bits per heavy atom. The Kier molecular flexibility index (Phi) is 3.31. The number of aliphatic carboxylic acids is 1. The molecule has 1 aliphatic heterocycles. The van der Waals surface area contributed by atoms with Crippen molar-refractivity contribution in [3.8, 4) is 0 Å². The molecule has 0 aromatic heterocycles.